The third-order valence-electron chi connectivity index (χ3n) is 3.58. The third kappa shape index (κ3) is 3.08. The van der Waals surface area contributed by atoms with E-state index in [1.165, 1.54) is 10.9 Å². The van der Waals surface area contributed by atoms with Crippen molar-refractivity contribution in [3.05, 3.63) is 80.2 Å². The van der Waals surface area contributed by atoms with Crippen molar-refractivity contribution in [3.63, 3.8) is 0 Å². The second-order valence-corrected chi connectivity index (χ2v) is 6.80. The molecule has 0 spiro atoms. The van der Waals surface area contributed by atoms with E-state index in [4.69, 9.17) is 5.11 Å². The topological polar surface area (TPSA) is 37.3 Å². The molecule has 3 rings (SSSR count). The van der Waals surface area contributed by atoms with Crippen molar-refractivity contribution in [3.8, 4) is 0 Å². The fraction of sp³-hybridized carbons (Fsp3) is 0.0556. The first-order chi connectivity index (χ1) is 10.5. The van der Waals surface area contributed by atoms with E-state index in [9.17, 15) is 4.79 Å². The summed E-state index contributed by atoms with van der Waals surface area (Å²) in [5.74, 6) is -0.897. The molecule has 1 N–H and O–H groups in total. The normalized spacial score (nSPS) is 10.8. The summed E-state index contributed by atoms with van der Waals surface area (Å²) in [6, 6.07) is 17.4. The van der Waals surface area contributed by atoms with Crippen LogP contribution in [0.3, 0.4) is 0 Å². The average Bonchev–Trinajstić information content (AvgIpc) is 2.52. The van der Waals surface area contributed by atoms with Crippen LogP contribution in [0, 0.1) is 0 Å². The van der Waals surface area contributed by atoms with Crippen molar-refractivity contribution < 1.29 is 9.90 Å². The molecule has 110 valence electrons. The SMILES string of the molecule is O=C(O)c1ccc(Cc2ccc3c(Br)ccc(Br)c3c2)cc1. The summed E-state index contributed by atoms with van der Waals surface area (Å²) in [7, 11) is 0. The molecule has 0 bridgehead atoms. The van der Waals surface area contributed by atoms with Crippen LogP contribution in [0.25, 0.3) is 10.8 Å². The number of carbonyl (C=O) groups is 1. The van der Waals surface area contributed by atoms with Gasteiger partial charge in [0.2, 0.25) is 0 Å². The van der Waals surface area contributed by atoms with Crippen LogP contribution in [0.4, 0.5) is 0 Å². The van der Waals surface area contributed by atoms with Gasteiger partial charge in [-0.15, -0.1) is 0 Å². The minimum atomic E-state index is -0.897. The minimum absolute atomic E-state index is 0.314. The Morgan fingerprint density at radius 1 is 0.818 bits per heavy atom. The Balaban J connectivity index is 1.94. The van der Waals surface area contributed by atoms with Crippen molar-refractivity contribution in [2.24, 2.45) is 0 Å². The Hall–Kier alpha value is -1.65. The van der Waals surface area contributed by atoms with Gasteiger partial charge in [0.15, 0.2) is 0 Å². The molecule has 0 saturated heterocycles. The smallest absolute Gasteiger partial charge is 0.335 e. The largest absolute Gasteiger partial charge is 0.478 e. The molecule has 0 aliphatic carbocycles. The first kappa shape index (κ1) is 15.3. The Morgan fingerprint density at radius 3 is 2.05 bits per heavy atom. The molecular weight excluding hydrogens is 408 g/mol. The lowest BCUT2D eigenvalue weighted by molar-refractivity contribution is 0.0697. The van der Waals surface area contributed by atoms with E-state index in [2.05, 4.69) is 50.1 Å². The Kier molecular flexibility index (Phi) is 4.32. The standard InChI is InChI=1S/C18H12Br2O2/c19-16-7-8-17(20)15-10-12(3-6-14(15)16)9-11-1-4-13(5-2-11)18(21)22/h1-8,10H,9H2,(H,21,22). The van der Waals surface area contributed by atoms with E-state index in [1.807, 2.05) is 24.3 Å². The lowest BCUT2D eigenvalue weighted by Crippen LogP contribution is -1.96. The molecule has 0 saturated carbocycles. The van der Waals surface area contributed by atoms with Crippen molar-refractivity contribution in [2.45, 2.75) is 6.42 Å². The Labute approximate surface area is 145 Å². The maximum atomic E-state index is 10.9. The Morgan fingerprint density at radius 2 is 1.41 bits per heavy atom. The monoisotopic (exact) mass is 418 g/mol. The summed E-state index contributed by atoms with van der Waals surface area (Å²) in [6.07, 6.45) is 0.773. The zero-order valence-electron chi connectivity index (χ0n) is 11.5. The molecule has 3 aromatic rings. The zero-order chi connectivity index (χ0) is 15.7. The number of hydrogen-bond acceptors (Lipinski definition) is 1. The number of fused-ring (bicyclic) bond motifs is 1. The highest BCUT2D eigenvalue weighted by atomic mass is 79.9. The van der Waals surface area contributed by atoms with Gasteiger partial charge >= 0.3 is 5.97 Å². The van der Waals surface area contributed by atoms with Crippen molar-refractivity contribution >= 4 is 48.6 Å². The van der Waals surface area contributed by atoms with E-state index >= 15 is 0 Å². The number of hydrogen-bond donors (Lipinski definition) is 1. The van der Waals surface area contributed by atoms with Crippen LogP contribution < -0.4 is 0 Å². The summed E-state index contributed by atoms with van der Waals surface area (Å²) in [4.78, 5) is 10.9. The molecule has 0 heterocycles. The van der Waals surface area contributed by atoms with Crippen LogP contribution >= 0.6 is 31.9 Å². The van der Waals surface area contributed by atoms with Gasteiger partial charge in [-0.1, -0.05) is 56.1 Å². The van der Waals surface area contributed by atoms with Crippen molar-refractivity contribution in [1.82, 2.24) is 0 Å². The number of halogens is 2. The lowest BCUT2D eigenvalue weighted by Gasteiger charge is -2.08. The van der Waals surface area contributed by atoms with E-state index in [0.29, 0.717) is 5.56 Å². The third-order valence-corrected chi connectivity index (χ3v) is 4.97. The first-order valence-electron chi connectivity index (χ1n) is 6.73. The van der Waals surface area contributed by atoms with Gasteiger partial charge in [-0.25, -0.2) is 4.79 Å². The number of benzene rings is 3. The summed E-state index contributed by atoms with van der Waals surface area (Å²) < 4.78 is 2.14. The number of carboxylic acid groups (broad SMARTS) is 1. The number of aromatic carboxylic acids is 1. The molecule has 22 heavy (non-hydrogen) atoms. The molecule has 4 heteroatoms. The quantitative estimate of drug-likeness (QED) is 0.595. The van der Waals surface area contributed by atoms with E-state index < -0.39 is 5.97 Å². The first-order valence-corrected chi connectivity index (χ1v) is 8.32. The van der Waals surface area contributed by atoms with Crippen LogP contribution in [-0.2, 0) is 6.42 Å². The fourth-order valence-corrected chi connectivity index (χ4v) is 3.37. The van der Waals surface area contributed by atoms with Crippen LogP contribution in [-0.4, -0.2) is 11.1 Å². The van der Waals surface area contributed by atoms with Gasteiger partial charge in [-0.3, -0.25) is 0 Å². The summed E-state index contributed by atoms with van der Waals surface area (Å²) in [5, 5.41) is 11.3. The van der Waals surface area contributed by atoms with Gasteiger partial charge in [-0.05, 0) is 58.7 Å². The molecular formula is C18H12Br2O2. The van der Waals surface area contributed by atoms with Gasteiger partial charge in [0.25, 0.3) is 0 Å². The maximum absolute atomic E-state index is 10.9. The lowest BCUT2D eigenvalue weighted by atomic mass is 10.0. The van der Waals surface area contributed by atoms with Crippen LogP contribution in [0.15, 0.2) is 63.5 Å². The number of rotatable bonds is 3. The second-order valence-electron chi connectivity index (χ2n) is 5.09. The highest BCUT2D eigenvalue weighted by molar-refractivity contribution is 9.11. The van der Waals surface area contributed by atoms with Crippen LogP contribution in [0.1, 0.15) is 21.5 Å². The van der Waals surface area contributed by atoms with Crippen LogP contribution in [0.2, 0.25) is 0 Å². The Bertz CT molecular complexity index is 855. The highest BCUT2D eigenvalue weighted by Gasteiger charge is 2.06. The second kappa shape index (κ2) is 6.23. The number of carboxylic acids is 1. The molecule has 0 amide bonds. The van der Waals surface area contributed by atoms with Gasteiger partial charge in [0, 0.05) is 8.95 Å². The molecule has 0 atom stereocenters. The molecule has 0 aromatic heterocycles. The molecule has 0 radical (unpaired) electrons. The molecule has 0 aliphatic heterocycles. The van der Waals surface area contributed by atoms with E-state index in [0.717, 1.165) is 26.3 Å². The minimum Gasteiger partial charge on any atom is -0.478 e. The van der Waals surface area contributed by atoms with E-state index in [-0.39, 0.29) is 0 Å². The average molecular weight is 420 g/mol. The molecule has 0 fully saturated rings. The van der Waals surface area contributed by atoms with E-state index in [1.54, 1.807) is 12.1 Å². The zero-order valence-corrected chi connectivity index (χ0v) is 14.7. The fourth-order valence-electron chi connectivity index (χ4n) is 2.43. The van der Waals surface area contributed by atoms with Gasteiger partial charge in [0.1, 0.15) is 0 Å². The molecule has 2 nitrogen and oxygen atoms in total. The predicted octanol–water partition coefficient (Wildman–Crippen LogP) is 5.65. The van der Waals surface area contributed by atoms with Crippen molar-refractivity contribution in [2.75, 3.05) is 0 Å². The molecule has 0 unspecified atom stereocenters. The maximum Gasteiger partial charge on any atom is 0.335 e. The molecule has 3 aromatic carbocycles. The van der Waals surface area contributed by atoms with Gasteiger partial charge < -0.3 is 5.11 Å². The van der Waals surface area contributed by atoms with Gasteiger partial charge in [0.05, 0.1) is 5.56 Å². The van der Waals surface area contributed by atoms with Crippen LogP contribution in [0.5, 0.6) is 0 Å². The van der Waals surface area contributed by atoms with Crippen molar-refractivity contribution in [1.29, 1.82) is 0 Å². The predicted molar refractivity (Wildman–Crippen MR) is 95.6 cm³/mol. The van der Waals surface area contributed by atoms with Gasteiger partial charge in [-0.2, -0.15) is 0 Å². The summed E-state index contributed by atoms with van der Waals surface area (Å²) >= 11 is 7.16. The summed E-state index contributed by atoms with van der Waals surface area (Å²) in [6.45, 7) is 0. The highest BCUT2D eigenvalue weighted by Crippen LogP contribution is 2.31. The summed E-state index contributed by atoms with van der Waals surface area (Å²) in [5.41, 5.74) is 2.60. The molecule has 0 aliphatic rings.